The van der Waals surface area contributed by atoms with Crippen molar-refractivity contribution in [3.05, 3.63) is 131 Å². The molecule has 0 radical (unpaired) electrons. The van der Waals surface area contributed by atoms with Gasteiger partial charge in [0.25, 0.3) is 0 Å². The van der Waals surface area contributed by atoms with Crippen LogP contribution in [0.25, 0.3) is 0 Å². The molecule has 0 spiro atoms. The summed E-state index contributed by atoms with van der Waals surface area (Å²) in [4.78, 5) is 15.0. The fraction of sp³-hybridized carbons (Fsp3) is 0.219. The van der Waals surface area contributed by atoms with E-state index >= 15 is 0 Å². The van der Waals surface area contributed by atoms with Gasteiger partial charge in [0.15, 0.2) is 0 Å². The van der Waals surface area contributed by atoms with E-state index in [1.807, 2.05) is 49.4 Å². The number of carbonyl (C=O) groups is 1. The van der Waals surface area contributed by atoms with Gasteiger partial charge in [-0.05, 0) is 69.5 Å². The van der Waals surface area contributed by atoms with E-state index in [-0.39, 0.29) is 17.7 Å². The van der Waals surface area contributed by atoms with Gasteiger partial charge in [-0.2, -0.15) is 0 Å². The van der Waals surface area contributed by atoms with Crippen LogP contribution in [0.1, 0.15) is 53.2 Å². The van der Waals surface area contributed by atoms with Crippen LogP contribution in [0.3, 0.4) is 0 Å². The number of aromatic nitrogens is 1. The van der Waals surface area contributed by atoms with E-state index in [0.717, 1.165) is 16.7 Å². The molecule has 3 aromatic carbocycles. The maximum absolute atomic E-state index is 14.3. The van der Waals surface area contributed by atoms with Gasteiger partial charge < -0.3 is 0 Å². The van der Waals surface area contributed by atoms with Crippen LogP contribution in [0, 0.1) is 19.8 Å². The first-order valence-electron chi connectivity index (χ1n) is 12.3. The smallest absolute Gasteiger partial charge is 0.235 e. The van der Waals surface area contributed by atoms with Crippen molar-refractivity contribution in [3.8, 4) is 0 Å². The molecular formula is C32H33NO2S. The summed E-state index contributed by atoms with van der Waals surface area (Å²) in [6.45, 7) is 8.18. The molecule has 3 nitrogen and oxygen atoms in total. The molecule has 4 heteroatoms. The highest BCUT2D eigenvalue weighted by atomic mass is 32.2. The number of hydrogen-bond donors (Lipinski definition) is 0. The minimum Gasteiger partial charge on any atom is -0.279 e. The van der Waals surface area contributed by atoms with Gasteiger partial charge in [0.1, 0.15) is 15.8 Å². The lowest BCUT2D eigenvalue weighted by Crippen LogP contribution is -2.29. The SMILES string of the molecule is CC(C)=CC[C@@H](C(=O)n1cccc1S(=O)c1ccc(C)cc1)[C@H](c1ccccc1)c1ccc(C)cc1. The zero-order valence-corrected chi connectivity index (χ0v) is 22.2. The molecule has 1 unspecified atom stereocenters. The van der Waals surface area contributed by atoms with Crippen molar-refractivity contribution in [2.24, 2.45) is 5.92 Å². The van der Waals surface area contributed by atoms with Crippen LogP contribution >= 0.6 is 0 Å². The van der Waals surface area contributed by atoms with Gasteiger partial charge in [0, 0.05) is 17.0 Å². The van der Waals surface area contributed by atoms with E-state index in [9.17, 15) is 9.00 Å². The van der Waals surface area contributed by atoms with Crippen molar-refractivity contribution in [1.82, 2.24) is 4.57 Å². The van der Waals surface area contributed by atoms with Gasteiger partial charge in [-0.25, -0.2) is 4.21 Å². The van der Waals surface area contributed by atoms with Crippen molar-refractivity contribution < 1.29 is 9.00 Å². The molecule has 4 rings (SSSR count). The molecule has 1 aromatic heterocycles. The Kier molecular flexibility index (Phi) is 8.17. The normalized spacial score (nSPS) is 13.6. The highest BCUT2D eigenvalue weighted by Gasteiger charge is 2.32. The maximum atomic E-state index is 14.3. The molecule has 0 aliphatic rings. The zero-order valence-electron chi connectivity index (χ0n) is 21.3. The lowest BCUT2D eigenvalue weighted by Gasteiger charge is -2.27. The second kappa shape index (κ2) is 11.5. The Morgan fingerprint density at radius 2 is 1.39 bits per heavy atom. The van der Waals surface area contributed by atoms with E-state index in [1.54, 1.807) is 22.9 Å². The monoisotopic (exact) mass is 495 g/mol. The first kappa shape index (κ1) is 25.6. The summed E-state index contributed by atoms with van der Waals surface area (Å²) < 4.78 is 15.1. The lowest BCUT2D eigenvalue weighted by atomic mass is 9.78. The van der Waals surface area contributed by atoms with Crippen LogP contribution in [0.15, 0.2) is 119 Å². The minimum absolute atomic E-state index is 0.0533. The standard InChI is InChI=1S/C32H33NO2S/c1-23(2)12-21-29(31(26-9-6-5-7-10-26)27-17-13-24(3)14-18-27)32(34)33-22-8-11-30(33)36(35)28-19-15-25(4)16-20-28/h5-20,22,29,31H,21H2,1-4H3/t29-,31-,36?/m1/s1. The molecule has 3 atom stereocenters. The third-order valence-electron chi connectivity index (χ3n) is 6.47. The van der Waals surface area contributed by atoms with Crippen molar-refractivity contribution in [1.29, 1.82) is 0 Å². The molecule has 0 aliphatic carbocycles. The highest BCUT2D eigenvalue weighted by Crippen LogP contribution is 2.36. The van der Waals surface area contributed by atoms with Gasteiger partial charge >= 0.3 is 0 Å². The van der Waals surface area contributed by atoms with Crippen molar-refractivity contribution in [3.63, 3.8) is 0 Å². The zero-order chi connectivity index (χ0) is 25.7. The van der Waals surface area contributed by atoms with E-state index < -0.39 is 10.8 Å². The fourth-order valence-corrected chi connectivity index (χ4v) is 5.65. The largest absolute Gasteiger partial charge is 0.279 e. The van der Waals surface area contributed by atoms with Crippen molar-refractivity contribution >= 4 is 16.7 Å². The summed E-state index contributed by atoms with van der Waals surface area (Å²) >= 11 is 0. The van der Waals surface area contributed by atoms with Gasteiger partial charge in [-0.15, -0.1) is 0 Å². The Morgan fingerprint density at radius 1 is 0.806 bits per heavy atom. The predicted molar refractivity (Wildman–Crippen MR) is 148 cm³/mol. The number of benzene rings is 3. The van der Waals surface area contributed by atoms with Crippen LogP contribution in [0.4, 0.5) is 0 Å². The molecule has 184 valence electrons. The Labute approximate surface area is 217 Å². The fourth-order valence-electron chi connectivity index (χ4n) is 4.49. The summed E-state index contributed by atoms with van der Waals surface area (Å²) in [7, 11) is -1.46. The molecule has 0 fully saturated rings. The minimum atomic E-state index is -1.46. The molecule has 0 N–H and O–H groups in total. The number of aryl methyl sites for hydroxylation is 2. The second-order valence-corrected chi connectivity index (χ2v) is 11.0. The van der Waals surface area contributed by atoms with Gasteiger partial charge in [-0.3, -0.25) is 9.36 Å². The van der Waals surface area contributed by atoms with Crippen molar-refractivity contribution in [2.75, 3.05) is 0 Å². The molecule has 0 saturated carbocycles. The summed E-state index contributed by atoms with van der Waals surface area (Å²) in [5.74, 6) is -0.563. The van der Waals surface area contributed by atoms with E-state index in [4.69, 9.17) is 0 Å². The van der Waals surface area contributed by atoms with Crippen LogP contribution < -0.4 is 0 Å². The Morgan fingerprint density at radius 3 is 2.00 bits per heavy atom. The maximum Gasteiger partial charge on any atom is 0.235 e. The first-order chi connectivity index (χ1) is 17.3. The van der Waals surface area contributed by atoms with Gasteiger partial charge in [-0.1, -0.05) is 89.5 Å². The molecule has 36 heavy (non-hydrogen) atoms. The van der Waals surface area contributed by atoms with Crippen LogP contribution in [-0.4, -0.2) is 14.7 Å². The second-order valence-electron chi connectivity index (χ2n) is 9.56. The average Bonchev–Trinajstić information content (AvgIpc) is 3.37. The number of rotatable bonds is 8. The number of hydrogen-bond acceptors (Lipinski definition) is 2. The summed E-state index contributed by atoms with van der Waals surface area (Å²) in [6.07, 6.45) is 4.46. The first-order valence-corrected chi connectivity index (χ1v) is 13.4. The Balaban J connectivity index is 1.80. The molecule has 4 aromatic rings. The highest BCUT2D eigenvalue weighted by molar-refractivity contribution is 7.85. The summed E-state index contributed by atoms with van der Waals surface area (Å²) in [5.41, 5.74) is 5.64. The van der Waals surface area contributed by atoms with Crippen LogP contribution in [0.2, 0.25) is 0 Å². The molecule has 0 saturated heterocycles. The summed E-state index contributed by atoms with van der Waals surface area (Å²) in [6, 6.07) is 29.9. The summed E-state index contributed by atoms with van der Waals surface area (Å²) in [5, 5.41) is 0.502. The molecule has 0 amide bonds. The van der Waals surface area contributed by atoms with Crippen molar-refractivity contribution in [2.45, 2.75) is 50.0 Å². The Hall–Kier alpha value is -3.50. The molecule has 1 heterocycles. The van der Waals surface area contributed by atoms with Crippen LogP contribution in [0.5, 0.6) is 0 Å². The third kappa shape index (κ3) is 5.83. The molecule has 0 aliphatic heterocycles. The predicted octanol–water partition coefficient (Wildman–Crippen LogP) is 7.72. The number of carbonyl (C=O) groups excluding carboxylic acids is 1. The Bertz CT molecular complexity index is 1360. The molecular weight excluding hydrogens is 462 g/mol. The lowest BCUT2D eigenvalue weighted by molar-refractivity contribution is 0.0812. The number of allylic oxidation sites excluding steroid dienone is 2. The van der Waals surface area contributed by atoms with E-state index in [2.05, 4.69) is 63.2 Å². The van der Waals surface area contributed by atoms with Gasteiger partial charge in [0.2, 0.25) is 5.91 Å². The average molecular weight is 496 g/mol. The molecule has 0 bridgehead atoms. The topological polar surface area (TPSA) is 39.1 Å². The number of nitrogens with zero attached hydrogens (tertiary/aromatic N) is 1. The van der Waals surface area contributed by atoms with Gasteiger partial charge in [0.05, 0.1) is 5.92 Å². The third-order valence-corrected chi connectivity index (χ3v) is 7.88. The quantitative estimate of drug-likeness (QED) is 0.235. The van der Waals surface area contributed by atoms with Crippen LogP contribution in [-0.2, 0) is 10.8 Å². The van der Waals surface area contributed by atoms with E-state index in [0.29, 0.717) is 16.3 Å². The van der Waals surface area contributed by atoms with E-state index in [1.165, 1.54) is 11.1 Å².